The minimum Gasteiger partial charge on any atom is -0.372 e. The van der Waals surface area contributed by atoms with Crippen molar-refractivity contribution in [2.75, 3.05) is 24.6 Å². The summed E-state index contributed by atoms with van der Waals surface area (Å²) < 4.78 is 19.7. The number of halogens is 1. The van der Waals surface area contributed by atoms with E-state index in [1.54, 1.807) is 12.1 Å². The van der Waals surface area contributed by atoms with Crippen LogP contribution < -0.4 is 4.90 Å². The number of nitrogens with zero attached hydrogens (tertiary/aromatic N) is 3. The fourth-order valence-electron chi connectivity index (χ4n) is 2.49. The standard InChI is InChI=1S/C14H16FN3O/c1-14(2)8-18(6-7-19-14)13-12-10(15)4-3-5-11(12)16-9-17-13/h3-5,9H,6-8H2,1-2H3. The van der Waals surface area contributed by atoms with E-state index in [1.165, 1.54) is 12.4 Å². The quantitative estimate of drug-likeness (QED) is 0.790. The van der Waals surface area contributed by atoms with Crippen LogP contribution in [0.5, 0.6) is 0 Å². The number of morpholine rings is 1. The van der Waals surface area contributed by atoms with E-state index in [0.717, 1.165) is 0 Å². The summed E-state index contributed by atoms with van der Waals surface area (Å²) in [4.78, 5) is 10.5. The molecule has 0 N–H and O–H groups in total. The van der Waals surface area contributed by atoms with Crippen LogP contribution in [0.3, 0.4) is 0 Å². The Kier molecular flexibility index (Phi) is 2.86. The maximum atomic E-state index is 14.1. The predicted molar refractivity (Wildman–Crippen MR) is 71.7 cm³/mol. The molecule has 0 aliphatic carbocycles. The van der Waals surface area contributed by atoms with Crippen molar-refractivity contribution >= 4 is 16.7 Å². The van der Waals surface area contributed by atoms with Crippen molar-refractivity contribution in [3.63, 3.8) is 0 Å². The molecule has 0 atom stereocenters. The first kappa shape index (κ1) is 12.3. The highest BCUT2D eigenvalue weighted by Crippen LogP contribution is 2.28. The van der Waals surface area contributed by atoms with Gasteiger partial charge in [-0.05, 0) is 26.0 Å². The molecule has 0 radical (unpaired) electrons. The molecule has 1 aromatic carbocycles. The van der Waals surface area contributed by atoms with Crippen molar-refractivity contribution in [3.05, 3.63) is 30.3 Å². The third-order valence-electron chi connectivity index (χ3n) is 3.32. The lowest BCUT2D eigenvalue weighted by molar-refractivity contribution is -0.0278. The first-order valence-electron chi connectivity index (χ1n) is 6.35. The Morgan fingerprint density at radius 2 is 2.16 bits per heavy atom. The Labute approximate surface area is 111 Å². The van der Waals surface area contributed by atoms with Crippen molar-refractivity contribution in [1.82, 2.24) is 9.97 Å². The van der Waals surface area contributed by atoms with Crippen LogP contribution in [-0.2, 0) is 4.74 Å². The maximum Gasteiger partial charge on any atom is 0.143 e. The zero-order chi connectivity index (χ0) is 13.5. The zero-order valence-electron chi connectivity index (χ0n) is 11.1. The molecule has 0 unspecified atom stereocenters. The second kappa shape index (κ2) is 4.42. The van der Waals surface area contributed by atoms with Gasteiger partial charge in [-0.15, -0.1) is 0 Å². The lowest BCUT2D eigenvalue weighted by atomic mass is 10.1. The summed E-state index contributed by atoms with van der Waals surface area (Å²) in [5.41, 5.74) is 0.384. The number of anilines is 1. The molecule has 4 nitrogen and oxygen atoms in total. The minimum atomic E-state index is -0.280. The molecular weight excluding hydrogens is 245 g/mol. The van der Waals surface area contributed by atoms with E-state index in [2.05, 4.69) is 14.9 Å². The minimum absolute atomic E-state index is 0.249. The van der Waals surface area contributed by atoms with Crippen LogP contribution in [0.4, 0.5) is 10.2 Å². The molecule has 5 heteroatoms. The molecule has 1 aliphatic rings. The van der Waals surface area contributed by atoms with Crippen molar-refractivity contribution in [2.24, 2.45) is 0 Å². The van der Waals surface area contributed by atoms with Crippen LogP contribution in [-0.4, -0.2) is 35.3 Å². The van der Waals surface area contributed by atoms with Gasteiger partial charge < -0.3 is 9.64 Å². The number of ether oxygens (including phenoxy) is 1. The van der Waals surface area contributed by atoms with Gasteiger partial charge in [-0.25, -0.2) is 14.4 Å². The Bertz CT molecular complexity index is 609. The number of hydrogen-bond donors (Lipinski definition) is 0. The number of rotatable bonds is 1. The fraction of sp³-hybridized carbons (Fsp3) is 0.429. The Morgan fingerprint density at radius 3 is 2.95 bits per heavy atom. The van der Waals surface area contributed by atoms with Gasteiger partial charge in [0.15, 0.2) is 0 Å². The van der Waals surface area contributed by atoms with Crippen LogP contribution in [0.1, 0.15) is 13.8 Å². The molecule has 0 bridgehead atoms. The largest absolute Gasteiger partial charge is 0.372 e. The van der Waals surface area contributed by atoms with Crippen molar-refractivity contribution in [2.45, 2.75) is 19.4 Å². The fourth-order valence-corrected chi connectivity index (χ4v) is 2.49. The summed E-state index contributed by atoms with van der Waals surface area (Å²) in [5.74, 6) is 0.372. The van der Waals surface area contributed by atoms with E-state index in [1.807, 2.05) is 13.8 Å². The molecule has 0 saturated carbocycles. The third-order valence-corrected chi connectivity index (χ3v) is 3.32. The van der Waals surface area contributed by atoms with E-state index in [9.17, 15) is 4.39 Å². The third kappa shape index (κ3) is 2.26. The summed E-state index contributed by atoms with van der Waals surface area (Å²) in [6.45, 7) is 6.07. The molecule has 1 fully saturated rings. The van der Waals surface area contributed by atoms with E-state index >= 15 is 0 Å². The summed E-state index contributed by atoms with van der Waals surface area (Å²) >= 11 is 0. The normalized spacial score (nSPS) is 18.8. The van der Waals surface area contributed by atoms with Crippen LogP contribution in [0.15, 0.2) is 24.5 Å². The van der Waals surface area contributed by atoms with Crippen molar-refractivity contribution in [3.8, 4) is 0 Å². The number of benzene rings is 1. The average Bonchev–Trinajstić information content (AvgIpc) is 2.37. The monoisotopic (exact) mass is 261 g/mol. The highest BCUT2D eigenvalue weighted by molar-refractivity contribution is 5.89. The molecular formula is C14H16FN3O. The van der Waals surface area contributed by atoms with Gasteiger partial charge in [0.2, 0.25) is 0 Å². The van der Waals surface area contributed by atoms with E-state index < -0.39 is 0 Å². The maximum absolute atomic E-state index is 14.1. The molecule has 0 spiro atoms. The summed E-state index contributed by atoms with van der Waals surface area (Å²) in [5, 5.41) is 0.489. The Hall–Kier alpha value is -1.75. The average molecular weight is 261 g/mol. The van der Waals surface area contributed by atoms with E-state index in [4.69, 9.17) is 4.74 Å². The number of hydrogen-bond acceptors (Lipinski definition) is 4. The molecule has 3 rings (SSSR count). The van der Waals surface area contributed by atoms with Crippen LogP contribution in [0, 0.1) is 5.82 Å². The van der Waals surface area contributed by atoms with E-state index in [0.29, 0.717) is 36.4 Å². The number of fused-ring (bicyclic) bond motifs is 1. The SMILES string of the molecule is CC1(C)CN(c2ncnc3cccc(F)c23)CCO1. The molecule has 1 saturated heterocycles. The molecule has 19 heavy (non-hydrogen) atoms. The zero-order valence-corrected chi connectivity index (χ0v) is 11.1. The molecule has 2 heterocycles. The van der Waals surface area contributed by atoms with Gasteiger partial charge in [-0.1, -0.05) is 6.07 Å². The van der Waals surface area contributed by atoms with Gasteiger partial charge in [0.25, 0.3) is 0 Å². The second-order valence-corrected chi connectivity index (χ2v) is 5.36. The molecule has 1 aliphatic heterocycles. The van der Waals surface area contributed by atoms with Gasteiger partial charge in [0, 0.05) is 13.1 Å². The number of aromatic nitrogens is 2. The summed E-state index contributed by atoms with van der Waals surface area (Å²) in [6, 6.07) is 4.91. The predicted octanol–water partition coefficient (Wildman–Crippen LogP) is 2.38. The lowest BCUT2D eigenvalue weighted by Crippen LogP contribution is -2.48. The van der Waals surface area contributed by atoms with Gasteiger partial charge in [-0.2, -0.15) is 0 Å². The Balaban J connectivity index is 2.10. The first-order valence-corrected chi connectivity index (χ1v) is 6.35. The van der Waals surface area contributed by atoms with Gasteiger partial charge in [0.05, 0.1) is 23.1 Å². The highest BCUT2D eigenvalue weighted by atomic mass is 19.1. The topological polar surface area (TPSA) is 38.2 Å². The molecule has 0 amide bonds. The smallest absolute Gasteiger partial charge is 0.143 e. The second-order valence-electron chi connectivity index (χ2n) is 5.36. The first-order chi connectivity index (χ1) is 9.07. The van der Waals surface area contributed by atoms with Gasteiger partial charge in [-0.3, -0.25) is 0 Å². The summed E-state index contributed by atoms with van der Waals surface area (Å²) in [6.07, 6.45) is 1.49. The van der Waals surface area contributed by atoms with Crippen LogP contribution in [0.25, 0.3) is 10.9 Å². The van der Waals surface area contributed by atoms with Crippen LogP contribution in [0.2, 0.25) is 0 Å². The molecule has 2 aromatic rings. The summed E-state index contributed by atoms with van der Waals surface area (Å²) in [7, 11) is 0. The highest BCUT2D eigenvalue weighted by Gasteiger charge is 2.29. The lowest BCUT2D eigenvalue weighted by Gasteiger charge is -2.39. The van der Waals surface area contributed by atoms with Crippen molar-refractivity contribution in [1.29, 1.82) is 0 Å². The molecule has 1 aromatic heterocycles. The molecule has 100 valence electrons. The van der Waals surface area contributed by atoms with Gasteiger partial charge in [0.1, 0.15) is 18.0 Å². The van der Waals surface area contributed by atoms with Crippen LogP contribution >= 0.6 is 0 Å². The van der Waals surface area contributed by atoms with Crippen molar-refractivity contribution < 1.29 is 9.13 Å². The van der Waals surface area contributed by atoms with Gasteiger partial charge >= 0.3 is 0 Å². The Morgan fingerprint density at radius 1 is 1.32 bits per heavy atom. The van der Waals surface area contributed by atoms with E-state index in [-0.39, 0.29) is 11.4 Å².